The zero-order valence-electron chi connectivity index (χ0n) is 17.4. The van der Waals surface area contributed by atoms with Crippen LogP contribution in [0, 0.1) is 13.8 Å². The van der Waals surface area contributed by atoms with Crippen molar-refractivity contribution in [1.29, 1.82) is 0 Å². The number of carboxylic acid groups (broad SMARTS) is 1. The van der Waals surface area contributed by atoms with E-state index >= 15 is 0 Å². The number of carboxylic acids is 1. The Morgan fingerprint density at radius 2 is 1.15 bits per heavy atom. The number of furan rings is 1. The van der Waals surface area contributed by atoms with Gasteiger partial charge in [-0.15, -0.1) is 0 Å². The summed E-state index contributed by atoms with van der Waals surface area (Å²) in [5, 5.41) is 8.60. The molecule has 0 saturated carbocycles. The highest BCUT2D eigenvalue weighted by Gasteiger charge is 2.12. The Kier molecular flexibility index (Phi) is 12.2. The van der Waals surface area contributed by atoms with E-state index in [1.807, 2.05) is 0 Å². The van der Waals surface area contributed by atoms with Crippen LogP contribution in [-0.4, -0.2) is 11.1 Å². The Hall–Kier alpha value is -1.25. The first-order valence-electron chi connectivity index (χ1n) is 10.9. The van der Waals surface area contributed by atoms with Crippen LogP contribution in [0.25, 0.3) is 0 Å². The maximum Gasteiger partial charge on any atom is 0.303 e. The summed E-state index contributed by atoms with van der Waals surface area (Å²) in [4.78, 5) is 10.4. The van der Waals surface area contributed by atoms with Gasteiger partial charge in [0.2, 0.25) is 0 Å². The zero-order chi connectivity index (χ0) is 19.2. The molecule has 0 aliphatic rings. The summed E-state index contributed by atoms with van der Waals surface area (Å²) >= 11 is 0. The molecule has 0 spiro atoms. The highest BCUT2D eigenvalue weighted by atomic mass is 16.4. The highest BCUT2D eigenvalue weighted by Crippen LogP contribution is 2.25. The van der Waals surface area contributed by atoms with Crippen molar-refractivity contribution in [2.24, 2.45) is 0 Å². The van der Waals surface area contributed by atoms with Crippen molar-refractivity contribution in [3.8, 4) is 0 Å². The third kappa shape index (κ3) is 9.45. The van der Waals surface area contributed by atoms with Gasteiger partial charge in [0.05, 0.1) is 0 Å². The standard InChI is InChI=1S/C23H40O3/c1-4-5-6-13-16-21-19(2)20(3)22(26-21)17-14-11-9-7-8-10-12-15-18-23(24)25/h4-18H2,1-3H3,(H,24,25). The van der Waals surface area contributed by atoms with Crippen molar-refractivity contribution >= 4 is 5.97 Å². The number of aliphatic carboxylic acids is 1. The van der Waals surface area contributed by atoms with E-state index in [1.54, 1.807) is 0 Å². The van der Waals surface area contributed by atoms with Crippen molar-refractivity contribution in [2.45, 2.75) is 117 Å². The van der Waals surface area contributed by atoms with E-state index in [2.05, 4.69) is 20.8 Å². The smallest absolute Gasteiger partial charge is 0.303 e. The van der Waals surface area contributed by atoms with Crippen LogP contribution in [0.1, 0.15) is 113 Å². The van der Waals surface area contributed by atoms with Crippen LogP contribution in [-0.2, 0) is 17.6 Å². The first kappa shape index (κ1) is 22.8. The predicted molar refractivity (Wildman–Crippen MR) is 109 cm³/mol. The molecule has 0 radical (unpaired) electrons. The quantitative estimate of drug-likeness (QED) is 0.317. The number of aryl methyl sites for hydroxylation is 2. The van der Waals surface area contributed by atoms with Crippen LogP contribution in [0.2, 0.25) is 0 Å². The molecule has 0 aliphatic carbocycles. The summed E-state index contributed by atoms with van der Waals surface area (Å²) < 4.78 is 6.17. The molecule has 0 aromatic carbocycles. The van der Waals surface area contributed by atoms with Gasteiger partial charge in [-0.05, 0) is 44.2 Å². The summed E-state index contributed by atoms with van der Waals surface area (Å²) in [5.41, 5.74) is 2.74. The molecule has 0 unspecified atom stereocenters. The van der Waals surface area contributed by atoms with Crippen molar-refractivity contribution in [3.63, 3.8) is 0 Å². The zero-order valence-corrected chi connectivity index (χ0v) is 17.4. The lowest BCUT2D eigenvalue weighted by Crippen LogP contribution is -1.93. The fraction of sp³-hybridized carbons (Fsp3) is 0.783. The van der Waals surface area contributed by atoms with Crippen molar-refractivity contribution < 1.29 is 14.3 Å². The molecule has 0 saturated heterocycles. The molecule has 0 aliphatic heterocycles. The summed E-state index contributed by atoms with van der Waals surface area (Å²) in [6.07, 6.45) is 17.0. The Bertz CT molecular complexity index is 502. The normalized spacial score (nSPS) is 11.2. The molecule has 0 fully saturated rings. The fourth-order valence-corrected chi connectivity index (χ4v) is 3.53. The molecule has 1 N–H and O–H groups in total. The molecule has 1 heterocycles. The third-order valence-electron chi connectivity index (χ3n) is 5.45. The minimum atomic E-state index is -0.669. The maximum atomic E-state index is 10.4. The van der Waals surface area contributed by atoms with Crippen LogP contribution in [0.5, 0.6) is 0 Å². The Labute approximate surface area is 160 Å². The topological polar surface area (TPSA) is 50.4 Å². The van der Waals surface area contributed by atoms with Gasteiger partial charge in [0.15, 0.2) is 0 Å². The largest absolute Gasteiger partial charge is 0.481 e. The van der Waals surface area contributed by atoms with E-state index in [0.717, 1.165) is 25.7 Å². The highest BCUT2D eigenvalue weighted by molar-refractivity contribution is 5.66. The van der Waals surface area contributed by atoms with Gasteiger partial charge < -0.3 is 9.52 Å². The monoisotopic (exact) mass is 364 g/mol. The van der Waals surface area contributed by atoms with Crippen LogP contribution in [0.3, 0.4) is 0 Å². The van der Waals surface area contributed by atoms with Crippen molar-refractivity contribution in [2.75, 3.05) is 0 Å². The van der Waals surface area contributed by atoms with Crippen LogP contribution < -0.4 is 0 Å². The summed E-state index contributed by atoms with van der Waals surface area (Å²) in [6, 6.07) is 0. The molecule has 150 valence electrons. The van der Waals surface area contributed by atoms with E-state index in [0.29, 0.717) is 6.42 Å². The predicted octanol–water partition coefficient (Wildman–Crippen LogP) is 7.16. The Balaban J connectivity index is 2.12. The molecule has 3 heteroatoms. The lowest BCUT2D eigenvalue weighted by molar-refractivity contribution is -0.137. The summed E-state index contributed by atoms with van der Waals surface area (Å²) in [5.74, 6) is 1.76. The minimum Gasteiger partial charge on any atom is -0.481 e. The number of hydrogen-bond acceptors (Lipinski definition) is 2. The second kappa shape index (κ2) is 13.9. The van der Waals surface area contributed by atoms with Gasteiger partial charge in [-0.3, -0.25) is 4.79 Å². The molecule has 1 aromatic heterocycles. The van der Waals surface area contributed by atoms with Crippen LogP contribution in [0.4, 0.5) is 0 Å². The molecule has 26 heavy (non-hydrogen) atoms. The van der Waals surface area contributed by atoms with E-state index in [9.17, 15) is 4.79 Å². The van der Waals surface area contributed by atoms with Gasteiger partial charge in [-0.2, -0.15) is 0 Å². The fourth-order valence-electron chi connectivity index (χ4n) is 3.53. The Morgan fingerprint density at radius 3 is 1.62 bits per heavy atom. The molecule has 0 atom stereocenters. The minimum absolute atomic E-state index is 0.322. The molecular formula is C23H40O3. The van der Waals surface area contributed by atoms with Gasteiger partial charge >= 0.3 is 5.97 Å². The van der Waals surface area contributed by atoms with Crippen molar-refractivity contribution in [1.82, 2.24) is 0 Å². The second-order valence-corrected chi connectivity index (χ2v) is 7.73. The van der Waals surface area contributed by atoms with E-state index in [-0.39, 0.29) is 0 Å². The van der Waals surface area contributed by atoms with Gasteiger partial charge in [-0.25, -0.2) is 0 Å². The molecule has 0 amide bonds. The van der Waals surface area contributed by atoms with Gasteiger partial charge in [0.1, 0.15) is 11.5 Å². The third-order valence-corrected chi connectivity index (χ3v) is 5.45. The molecule has 0 bridgehead atoms. The Morgan fingerprint density at radius 1 is 0.731 bits per heavy atom. The van der Waals surface area contributed by atoms with Crippen LogP contribution >= 0.6 is 0 Å². The molecule has 1 rings (SSSR count). The average molecular weight is 365 g/mol. The average Bonchev–Trinajstić information content (AvgIpc) is 2.88. The maximum absolute atomic E-state index is 10.4. The van der Waals surface area contributed by atoms with Gasteiger partial charge in [0, 0.05) is 19.3 Å². The first-order chi connectivity index (χ1) is 12.6. The lowest BCUT2D eigenvalue weighted by Gasteiger charge is -2.02. The van der Waals surface area contributed by atoms with Crippen molar-refractivity contribution in [3.05, 3.63) is 22.6 Å². The number of unbranched alkanes of at least 4 members (excludes halogenated alkanes) is 10. The van der Waals surface area contributed by atoms with Gasteiger partial charge in [-0.1, -0.05) is 64.7 Å². The second-order valence-electron chi connectivity index (χ2n) is 7.73. The number of hydrogen-bond donors (Lipinski definition) is 1. The summed E-state index contributed by atoms with van der Waals surface area (Å²) in [7, 11) is 0. The SMILES string of the molecule is CCCCCCc1oc(CCCCCCCCCCC(=O)O)c(C)c1C. The summed E-state index contributed by atoms with van der Waals surface area (Å²) in [6.45, 7) is 6.67. The molecule has 1 aromatic rings. The van der Waals surface area contributed by atoms with E-state index < -0.39 is 5.97 Å². The van der Waals surface area contributed by atoms with E-state index in [4.69, 9.17) is 9.52 Å². The molecular weight excluding hydrogens is 324 g/mol. The molecule has 3 nitrogen and oxygen atoms in total. The number of rotatable bonds is 16. The number of carbonyl (C=O) groups is 1. The van der Waals surface area contributed by atoms with E-state index in [1.165, 1.54) is 86.9 Å². The lowest BCUT2D eigenvalue weighted by atomic mass is 10.0. The van der Waals surface area contributed by atoms with Crippen LogP contribution in [0.15, 0.2) is 4.42 Å². The first-order valence-corrected chi connectivity index (χ1v) is 10.9. The van der Waals surface area contributed by atoms with Gasteiger partial charge in [0.25, 0.3) is 0 Å².